The van der Waals surface area contributed by atoms with E-state index >= 15 is 0 Å². The molecule has 0 atom stereocenters. The molecule has 0 heterocycles. The Balaban J connectivity index is 2.64. The summed E-state index contributed by atoms with van der Waals surface area (Å²) in [5.41, 5.74) is 1.01. The molecule has 13 heavy (non-hydrogen) atoms. The second-order valence-electron chi connectivity index (χ2n) is 2.90. The zero-order valence-corrected chi connectivity index (χ0v) is 7.82. The number of hydrogen-bond acceptors (Lipinski definition) is 1. The molecule has 1 radical (unpaired) electrons. The van der Waals surface area contributed by atoms with Crippen molar-refractivity contribution in [2.45, 2.75) is 0 Å². The standard InChI is InChI=1S/C11H12NO/c1-12(2)11(13)9-8-10-6-4-3-5-7-10/h4-9H,1-2H3. The van der Waals surface area contributed by atoms with Crippen LogP contribution < -0.4 is 0 Å². The minimum absolute atomic E-state index is 0.00664. The molecule has 1 aromatic rings. The molecular formula is C11H12NO. The smallest absolute Gasteiger partial charge is 0.246 e. The van der Waals surface area contributed by atoms with Crippen LogP contribution in [-0.2, 0) is 4.79 Å². The molecule has 1 amide bonds. The van der Waals surface area contributed by atoms with Crippen LogP contribution >= 0.6 is 0 Å². The van der Waals surface area contributed by atoms with E-state index in [9.17, 15) is 4.79 Å². The minimum atomic E-state index is -0.00664. The van der Waals surface area contributed by atoms with E-state index in [2.05, 4.69) is 6.07 Å². The average Bonchev–Trinajstić information content (AvgIpc) is 2.15. The maximum atomic E-state index is 11.1. The normalized spacial score (nSPS) is 10.3. The maximum absolute atomic E-state index is 11.1. The third-order valence-electron chi connectivity index (χ3n) is 1.60. The van der Waals surface area contributed by atoms with Crippen LogP contribution in [0.15, 0.2) is 30.3 Å². The van der Waals surface area contributed by atoms with Crippen LogP contribution in [-0.4, -0.2) is 24.9 Å². The molecule has 0 saturated carbocycles. The number of hydrogen-bond donors (Lipinski definition) is 0. The molecule has 0 aliphatic heterocycles. The lowest BCUT2D eigenvalue weighted by atomic mass is 10.2. The summed E-state index contributed by atoms with van der Waals surface area (Å²) in [6.07, 6.45) is 3.34. The molecule has 0 spiro atoms. The lowest BCUT2D eigenvalue weighted by Gasteiger charge is -2.04. The van der Waals surface area contributed by atoms with Gasteiger partial charge >= 0.3 is 0 Å². The predicted octanol–water partition coefficient (Wildman–Crippen LogP) is 1.59. The van der Waals surface area contributed by atoms with E-state index in [1.165, 1.54) is 4.90 Å². The first-order valence-electron chi connectivity index (χ1n) is 4.05. The van der Waals surface area contributed by atoms with Crippen LogP contribution in [0.25, 0.3) is 6.08 Å². The minimum Gasteiger partial charge on any atom is -0.345 e. The molecule has 67 valence electrons. The van der Waals surface area contributed by atoms with Crippen molar-refractivity contribution in [3.63, 3.8) is 0 Å². The van der Waals surface area contributed by atoms with Gasteiger partial charge in [0.05, 0.1) is 0 Å². The second kappa shape index (κ2) is 4.45. The van der Waals surface area contributed by atoms with Gasteiger partial charge in [-0.2, -0.15) is 0 Å². The Labute approximate surface area is 78.5 Å². The summed E-state index contributed by atoms with van der Waals surface area (Å²) in [4.78, 5) is 12.7. The molecular weight excluding hydrogens is 162 g/mol. The molecule has 2 nitrogen and oxygen atoms in total. The summed E-state index contributed by atoms with van der Waals surface area (Å²) >= 11 is 0. The highest BCUT2D eigenvalue weighted by atomic mass is 16.2. The summed E-state index contributed by atoms with van der Waals surface area (Å²) in [5, 5.41) is 0. The van der Waals surface area contributed by atoms with E-state index in [0.717, 1.165) is 5.56 Å². The zero-order chi connectivity index (χ0) is 9.68. The summed E-state index contributed by atoms with van der Waals surface area (Å²) in [5.74, 6) is -0.00664. The van der Waals surface area contributed by atoms with Gasteiger partial charge in [-0.3, -0.25) is 4.79 Å². The number of rotatable bonds is 2. The number of carbonyl (C=O) groups excluding carboxylic acids is 1. The van der Waals surface area contributed by atoms with Gasteiger partial charge in [0.2, 0.25) is 5.91 Å². The Hall–Kier alpha value is -1.57. The van der Waals surface area contributed by atoms with Gasteiger partial charge < -0.3 is 4.90 Å². The Morgan fingerprint density at radius 2 is 2.00 bits per heavy atom. The van der Waals surface area contributed by atoms with Gasteiger partial charge in [0.15, 0.2) is 0 Å². The Kier molecular flexibility index (Phi) is 3.26. The molecule has 1 aromatic carbocycles. The van der Waals surface area contributed by atoms with E-state index in [-0.39, 0.29) is 5.91 Å². The fraction of sp³-hybridized carbons (Fsp3) is 0.182. The largest absolute Gasteiger partial charge is 0.345 e. The first-order valence-corrected chi connectivity index (χ1v) is 4.05. The fourth-order valence-corrected chi connectivity index (χ4v) is 0.827. The Bertz CT molecular complexity index is 301. The highest BCUT2D eigenvalue weighted by Gasteiger charge is 1.95. The van der Waals surface area contributed by atoms with Gasteiger partial charge in [0, 0.05) is 20.2 Å². The Morgan fingerprint density at radius 3 is 2.54 bits per heavy atom. The lowest BCUT2D eigenvalue weighted by Crippen LogP contribution is -2.18. The SMILES string of the molecule is CN(C)C(=O)C=Cc1cc[c]cc1. The van der Waals surface area contributed by atoms with Crippen molar-refractivity contribution in [1.82, 2.24) is 4.90 Å². The van der Waals surface area contributed by atoms with Crippen LogP contribution in [0.2, 0.25) is 0 Å². The number of nitrogens with zero attached hydrogens (tertiary/aromatic N) is 1. The number of carbonyl (C=O) groups is 1. The van der Waals surface area contributed by atoms with Crippen molar-refractivity contribution >= 4 is 12.0 Å². The summed E-state index contributed by atoms with van der Waals surface area (Å²) in [6, 6.07) is 10.4. The van der Waals surface area contributed by atoms with Crippen LogP contribution in [0.1, 0.15) is 5.56 Å². The lowest BCUT2D eigenvalue weighted by molar-refractivity contribution is -0.123. The number of benzene rings is 1. The van der Waals surface area contributed by atoms with E-state index < -0.39 is 0 Å². The third kappa shape index (κ3) is 3.11. The molecule has 2 heteroatoms. The van der Waals surface area contributed by atoms with Crippen LogP contribution in [0, 0.1) is 6.07 Å². The molecule has 0 bridgehead atoms. The van der Waals surface area contributed by atoms with Crippen molar-refractivity contribution < 1.29 is 4.79 Å². The summed E-state index contributed by atoms with van der Waals surface area (Å²) < 4.78 is 0. The quantitative estimate of drug-likeness (QED) is 0.623. The fourth-order valence-electron chi connectivity index (χ4n) is 0.827. The van der Waals surface area contributed by atoms with Gasteiger partial charge in [0.25, 0.3) is 0 Å². The highest BCUT2D eigenvalue weighted by Crippen LogP contribution is 2.00. The summed E-state index contributed by atoms with van der Waals surface area (Å²) in [7, 11) is 3.46. The third-order valence-corrected chi connectivity index (χ3v) is 1.60. The highest BCUT2D eigenvalue weighted by molar-refractivity contribution is 5.91. The topological polar surface area (TPSA) is 20.3 Å². The van der Waals surface area contributed by atoms with Crippen LogP contribution in [0.4, 0.5) is 0 Å². The van der Waals surface area contributed by atoms with Gasteiger partial charge in [-0.15, -0.1) is 0 Å². The molecule has 0 N–H and O–H groups in total. The van der Waals surface area contributed by atoms with Crippen molar-refractivity contribution in [1.29, 1.82) is 0 Å². The molecule has 0 aliphatic rings. The van der Waals surface area contributed by atoms with Gasteiger partial charge in [-0.1, -0.05) is 24.3 Å². The van der Waals surface area contributed by atoms with Crippen molar-refractivity contribution in [2.75, 3.05) is 14.1 Å². The van der Waals surface area contributed by atoms with E-state index in [4.69, 9.17) is 0 Å². The monoisotopic (exact) mass is 174 g/mol. The zero-order valence-electron chi connectivity index (χ0n) is 7.82. The van der Waals surface area contributed by atoms with Crippen LogP contribution in [0.5, 0.6) is 0 Å². The molecule has 0 fully saturated rings. The molecule has 0 aromatic heterocycles. The molecule has 0 saturated heterocycles. The van der Waals surface area contributed by atoms with Crippen molar-refractivity contribution in [3.05, 3.63) is 42.0 Å². The van der Waals surface area contributed by atoms with Crippen molar-refractivity contribution in [2.24, 2.45) is 0 Å². The van der Waals surface area contributed by atoms with E-state index in [1.807, 2.05) is 24.3 Å². The van der Waals surface area contributed by atoms with E-state index in [0.29, 0.717) is 0 Å². The van der Waals surface area contributed by atoms with Gasteiger partial charge in [-0.05, 0) is 17.7 Å². The summed E-state index contributed by atoms with van der Waals surface area (Å²) in [6.45, 7) is 0. The molecule has 0 aliphatic carbocycles. The number of likely N-dealkylation sites (N-methyl/N-ethyl adjacent to an activating group) is 1. The molecule has 0 unspecified atom stereocenters. The maximum Gasteiger partial charge on any atom is 0.246 e. The van der Waals surface area contributed by atoms with E-state index in [1.54, 1.807) is 26.2 Å². The molecule has 1 rings (SSSR count). The van der Waals surface area contributed by atoms with Gasteiger partial charge in [-0.25, -0.2) is 0 Å². The predicted molar refractivity (Wildman–Crippen MR) is 53.0 cm³/mol. The second-order valence-corrected chi connectivity index (χ2v) is 2.90. The van der Waals surface area contributed by atoms with Crippen molar-refractivity contribution in [3.8, 4) is 0 Å². The number of amides is 1. The average molecular weight is 174 g/mol. The Morgan fingerprint density at radius 1 is 1.38 bits per heavy atom. The van der Waals surface area contributed by atoms with Gasteiger partial charge in [0.1, 0.15) is 0 Å². The van der Waals surface area contributed by atoms with Crippen LogP contribution in [0.3, 0.4) is 0 Å². The first kappa shape index (κ1) is 9.52. The first-order chi connectivity index (χ1) is 6.20.